The van der Waals surface area contributed by atoms with E-state index in [0.29, 0.717) is 11.1 Å². The van der Waals surface area contributed by atoms with E-state index in [-0.39, 0.29) is 11.7 Å². The Morgan fingerprint density at radius 1 is 1.50 bits per heavy atom. The third kappa shape index (κ3) is 1.61. The van der Waals surface area contributed by atoms with Gasteiger partial charge in [-0.05, 0) is 36.7 Å². The zero-order valence-electron chi connectivity index (χ0n) is 7.76. The average molecular weight is 190 g/mol. The van der Waals surface area contributed by atoms with Crippen LogP contribution in [-0.2, 0) is 0 Å². The summed E-state index contributed by atoms with van der Waals surface area (Å²) >= 11 is 0. The van der Waals surface area contributed by atoms with Gasteiger partial charge in [-0.1, -0.05) is 0 Å². The number of nitriles is 1. The van der Waals surface area contributed by atoms with Crippen LogP contribution < -0.4 is 5.32 Å². The summed E-state index contributed by atoms with van der Waals surface area (Å²) in [5.74, 6) is 0.0287. The topological polar surface area (TPSA) is 35.8 Å². The summed E-state index contributed by atoms with van der Waals surface area (Å²) in [7, 11) is 0. The SMILES string of the molecule is N#Cc1ccc(F)c([C@@H]2CCNC2)c1. The maximum absolute atomic E-state index is 13.4. The van der Waals surface area contributed by atoms with Gasteiger partial charge in [0.15, 0.2) is 0 Å². The summed E-state index contributed by atoms with van der Waals surface area (Å²) in [5, 5.41) is 11.9. The Morgan fingerprint density at radius 3 is 3.00 bits per heavy atom. The van der Waals surface area contributed by atoms with Gasteiger partial charge in [0.2, 0.25) is 0 Å². The molecule has 0 aliphatic carbocycles. The van der Waals surface area contributed by atoms with Crippen molar-refractivity contribution in [1.29, 1.82) is 5.26 Å². The normalized spacial score (nSPS) is 20.7. The molecule has 1 N–H and O–H groups in total. The van der Waals surface area contributed by atoms with E-state index in [9.17, 15) is 4.39 Å². The van der Waals surface area contributed by atoms with Crippen molar-refractivity contribution in [3.8, 4) is 6.07 Å². The lowest BCUT2D eigenvalue weighted by atomic mass is 9.96. The zero-order chi connectivity index (χ0) is 9.97. The minimum Gasteiger partial charge on any atom is -0.316 e. The van der Waals surface area contributed by atoms with Crippen molar-refractivity contribution < 1.29 is 4.39 Å². The van der Waals surface area contributed by atoms with E-state index in [0.717, 1.165) is 19.5 Å². The predicted octanol–water partition coefficient (Wildman–Crippen LogP) is 1.77. The first kappa shape index (κ1) is 9.17. The first-order valence-electron chi connectivity index (χ1n) is 4.71. The molecule has 0 saturated carbocycles. The predicted molar refractivity (Wildman–Crippen MR) is 51.3 cm³/mol. The Kier molecular flexibility index (Phi) is 2.47. The lowest BCUT2D eigenvalue weighted by Crippen LogP contribution is -2.09. The number of rotatable bonds is 1. The van der Waals surface area contributed by atoms with Crippen LogP contribution in [0.25, 0.3) is 0 Å². The van der Waals surface area contributed by atoms with Gasteiger partial charge in [-0.25, -0.2) is 4.39 Å². The second-order valence-electron chi connectivity index (χ2n) is 3.54. The molecule has 1 aromatic carbocycles. The lowest BCUT2D eigenvalue weighted by molar-refractivity contribution is 0.588. The van der Waals surface area contributed by atoms with E-state index in [1.54, 1.807) is 6.07 Å². The fraction of sp³-hybridized carbons (Fsp3) is 0.364. The molecule has 0 bridgehead atoms. The monoisotopic (exact) mass is 190 g/mol. The zero-order valence-corrected chi connectivity index (χ0v) is 7.76. The Hall–Kier alpha value is -1.40. The Labute approximate surface area is 82.4 Å². The molecule has 1 aromatic rings. The van der Waals surface area contributed by atoms with Crippen molar-refractivity contribution in [3.05, 3.63) is 35.1 Å². The van der Waals surface area contributed by atoms with Gasteiger partial charge in [0.25, 0.3) is 0 Å². The van der Waals surface area contributed by atoms with Crippen molar-refractivity contribution >= 4 is 0 Å². The van der Waals surface area contributed by atoms with Gasteiger partial charge in [-0.2, -0.15) is 5.26 Å². The second-order valence-corrected chi connectivity index (χ2v) is 3.54. The summed E-state index contributed by atoms with van der Waals surface area (Å²) in [6.45, 7) is 1.74. The number of hydrogen-bond donors (Lipinski definition) is 1. The summed E-state index contributed by atoms with van der Waals surface area (Å²) < 4.78 is 13.4. The summed E-state index contributed by atoms with van der Waals surface area (Å²) in [6, 6.07) is 6.59. The second kappa shape index (κ2) is 3.77. The highest BCUT2D eigenvalue weighted by Crippen LogP contribution is 2.25. The van der Waals surface area contributed by atoms with Crippen molar-refractivity contribution in [2.24, 2.45) is 0 Å². The highest BCUT2D eigenvalue weighted by molar-refractivity contribution is 5.36. The van der Waals surface area contributed by atoms with Gasteiger partial charge in [0, 0.05) is 12.5 Å². The molecular weight excluding hydrogens is 179 g/mol. The minimum atomic E-state index is -0.197. The number of nitrogens with one attached hydrogen (secondary N) is 1. The molecule has 3 heteroatoms. The van der Waals surface area contributed by atoms with E-state index in [1.807, 2.05) is 6.07 Å². The maximum atomic E-state index is 13.4. The highest BCUT2D eigenvalue weighted by Gasteiger charge is 2.19. The van der Waals surface area contributed by atoms with Crippen molar-refractivity contribution in [2.45, 2.75) is 12.3 Å². The largest absolute Gasteiger partial charge is 0.316 e. The molecule has 1 aliphatic rings. The summed E-state index contributed by atoms with van der Waals surface area (Å²) in [4.78, 5) is 0. The molecule has 14 heavy (non-hydrogen) atoms. The molecule has 2 nitrogen and oxygen atoms in total. The maximum Gasteiger partial charge on any atom is 0.126 e. The van der Waals surface area contributed by atoms with Crippen LogP contribution >= 0.6 is 0 Å². The average Bonchev–Trinajstić information content (AvgIpc) is 2.71. The molecule has 0 aromatic heterocycles. The van der Waals surface area contributed by atoms with Gasteiger partial charge < -0.3 is 5.32 Å². The quantitative estimate of drug-likeness (QED) is 0.732. The van der Waals surface area contributed by atoms with Gasteiger partial charge in [0.1, 0.15) is 5.82 Å². The number of nitrogens with zero attached hydrogens (tertiary/aromatic N) is 1. The summed E-state index contributed by atoms with van der Waals surface area (Å²) in [5.41, 5.74) is 1.21. The molecule has 1 heterocycles. The minimum absolute atomic E-state index is 0.197. The van der Waals surface area contributed by atoms with E-state index in [1.165, 1.54) is 12.1 Å². The first-order valence-corrected chi connectivity index (χ1v) is 4.71. The highest BCUT2D eigenvalue weighted by atomic mass is 19.1. The van der Waals surface area contributed by atoms with Crippen LogP contribution in [0.2, 0.25) is 0 Å². The first-order chi connectivity index (χ1) is 6.81. The standard InChI is InChI=1S/C11H11FN2/c12-11-2-1-8(6-13)5-10(11)9-3-4-14-7-9/h1-2,5,9,14H,3-4,7H2/t9-/m1/s1. The molecule has 1 fully saturated rings. The number of benzene rings is 1. The van der Waals surface area contributed by atoms with Crippen LogP contribution in [0.5, 0.6) is 0 Å². The Morgan fingerprint density at radius 2 is 2.36 bits per heavy atom. The van der Waals surface area contributed by atoms with Crippen LogP contribution in [0, 0.1) is 17.1 Å². The van der Waals surface area contributed by atoms with Crippen LogP contribution in [0.4, 0.5) is 4.39 Å². The van der Waals surface area contributed by atoms with E-state index < -0.39 is 0 Å². The molecule has 72 valence electrons. The van der Waals surface area contributed by atoms with E-state index in [4.69, 9.17) is 5.26 Å². The van der Waals surface area contributed by atoms with Crippen molar-refractivity contribution in [1.82, 2.24) is 5.32 Å². The molecule has 1 atom stereocenters. The molecule has 0 spiro atoms. The smallest absolute Gasteiger partial charge is 0.126 e. The third-order valence-corrected chi connectivity index (χ3v) is 2.63. The van der Waals surface area contributed by atoms with Crippen LogP contribution in [-0.4, -0.2) is 13.1 Å². The van der Waals surface area contributed by atoms with Gasteiger partial charge in [-0.15, -0.1) is 0 Å². The van der Waals surface area contributed by atoms with Gasteiger partial charge in [0.05, 0.1) is 11.6 Å². The third-order valence-electron chi connectivity index (χ3n) is 2.63. The van der Waals surface area contributed by atoms with Gasteiger partial charge >= 0.3 is 0 Å². The van der Waals surface area contributed by atoms with E-state index >= 15 is 0 Å². The number of halogens is 1. The van der Waals surface area contributed by atoms with Crippen molar-refractivity contribution in [3.63, 3.8) is 0 Å². The van der Waals surface area contributed by atoms with Crippen LogP contribution in [0.15, 0.2) is 18.2 Å². The number of hydrogen-bond acceptors (Lipinski definition) is 2. The molecule has 0 radical (unpaired) electrons. The van der Waals surface area contributed by atoms with E-state index in [2.05, 4.69) is 5.32 Å². The molecule has 1 aliphatic heterocycles. The van der Waals surface area contributed by atoms with Crippen LogP contribution in [0.3, 0.4) is 0 Å². The summed E-state index contributed by atoms with van der Waals surface area (Å²) in [6.07, 6.45) is 0.950. The molecule has 0 unspecified atom stereocenters. The fourth-order valence-corrected chi connectivity index (χ4v) is 1.85. The lowest BCUT2D eigenvalue weighted by Gasteiger charge is -2.09. The van der Waals surface area contributed by atoms with Crippen LogP contribution in [0.1, 0.15) is 23.5 Å². The Balaban J connectivity index is 2.35. The van der Waals surface area contributed by atoms with Crippen molar-refractivity contribution in [2.75, 3.05) is 13.1 Å². The molecule has 2 rings (SSSR count). The van der Waals surface area contributed by atoms with Gasteiger partial charge in [-0.3, -0.25) is 0 Å². The Bertz CT molecular complexity index is 375. The molecular formula is C11H11FN2. The molecule has 0 amide bonds. The fourth-order valence-electron chi connectivity index (χ4n) is 1.85. The molecule has 1 saturated heterocycles.